The Morgan fingerprint density at radius 2 is 2.20 bits per heavy atom. The number of carboxylic acid groups (broad SMARTS) is 1. The van der Waals surface area contributed by atoms with Crippen LogP contribution < -0.4 is 0 Å². The molecule has 1 aromatic heterocycles. The summed E-state index contributed by atoms with van der Waals surface area (Å²) in [5.41, 5.74) is 0.276. The van der Waals surface area contributed by atoms with Gasteiger partial charge in [0.25, 0.3) is 0 Å². The fraction of sp³-hybridized carbons (Fsp3) is 0.545. The van der Waals surface area contributed by atoms with Gasteiger partial charge in [-0.1, -0.05) is 20.8 Å². The van der Waals surface area contributed by atoms with E-state index in [0.29, 0.717) is 22.7 Å². The smallest absolute Gasteiger partial charge is 0.339 e. The lowest BCUT2D eigenvalue weighted by atomic mass is 10.2. The van der Waals surface area contributed by atoms with Crippen molar-refractivity contribution in [2.75, 3.05) is 0 Å². The average Bonchev–Trinajstić information content (AvgIpc) is 2.61. The first-order valence-corrected chi connectivity index (χ1v) is 5.98. The van der Waals surface area contributed by atoms with Gasteiger partial charge in [-0.25, -0.2) is 4.79 Å². The van der Waals surface area contributed by atoms with Crippen molar-refractivity contribution in [3.63, 3.8) is 0 Å². The summed E-state index contributed by atoms with van der Waals surface area (Å²) in [5, 5.41) is 9.36. The number of carboxylic acids is 1. The fourth-order valence-corrected chi connectivity index (χ4v) is 2.07. The Balaban J connectivity index is 2.58. The molecule has 0 aliphatic carbocycles. The van der Waals surface area contributed by atoms with E-state index in [1.807, 2.05) is 0 Å². The van der Waals surface area contributed by atoms with Crippen LogP contribution >= 0.6 is 11.8 Å². The molecule has 1 N–H and O–H groups in total. The van der Waals surface area contributed by atoms with Gasteiger partial charge in [-0.3, -0.25) is 0 Å². The summed E-state index contributed by atoms with van der Waals surface area (Å²) in [4.78, 5) is 10.8. The molecule has 1 rings (SSSR count). The van der Waals surface area contributed by atoms with Gasteiger partial charge in [0.2, 0.25) is 0 Å². The molecule has 1 atom stereocenters. The summed E-state index contributed by atoms with van der Waals surface area (Å²) in [7, 11) is 0. The molecule has 0 aromatic carbocycles. The van der Waals surface area contributed by atoms with Crippen molar-refractivity contribution in [3.8, 4) is 0 Å². The normalized spacial score (nSPS) is 13.1. The van der Waals surface area contributed by atoms with Crippen LogP contribution in [0, 0.1) is 5.92 Å². The molecule has 4 heteroatoms. The van der Waals surface area contributed by atoms with Crippen LogP contribution in [0.1, 0.15) is 36.9 Å². The zero-order chi connectivity index (χ0) is 11.4. The zero-order valence-electron chi connectivity index (χ0n) is 9.19. The number of hydrogen-bond acceptors (Lipinski definition) is 3. The second kappa shape index (κ2) is 5.26. The molecule has 0 saturated carbocycles. The third-order valence-corrected chi connectivity index (χ3v) is 3.89. The van der Waals surface area contributed by atoms with Gasteiger partial charge in [0.1, 0.15) is 11.3 Å². The molecular formula is C11H16O3S. The van der Waals surface area contributed by atoms with Crippen LogP contribution in [0.3, 0.4) is 0 Å². The van der Waals surface area contributed by atoms with Crippen molar-refractivity contribution in [1.82, 2.24) is 0 Å². The molecule has 0 fully saturated rings. The highest BCUT2D eigenvalue weighted by atomic mass is 32.2. The van der Waals surface area contributed by atoms with Crippen LogP contribution in [0.15, 0.2) is 16.7 Å². The Bertz CT molecular complexity index is 330. The number of thioether (sulfide) groups is 1. The lowest BCUT2D eigenvalue weighted by Gasteiger charge is -2.13. The van der Waals surface area contributed by atoms with Crippen LogP contribution in [0.5, 0.6) is 0 Å². The lowest BCUT2D eigenvalue weighted by molar-refractivity contribution is 0.0695. The van der Waals surface area contributed by atoms with Gasteiger partial charge in [0, 0.05) is 5.25 Å². The van der Waals surface area contributed by atoms with E-state index >= 15 is 0 Å². The van der Waals surface area contributed by atoms with Gasteiger partial charge in [0.15, 0.2) is 0 Å². The predicted molar refractivity (Wildman–Crippen MR) is 61.3 cm³/mol. The molecule has 0 aliphatic heterocycles. The highest BCUT2D eigenvalue weighted by molar-refractivity contribution is 7.99. The minimum absolute atomic E-state index is 0.276. The molecule has 15 heavy (non-hydrogen) atoms. The van der Waals surface area contributed by atoms with Gasteiger partial charge in [-0.15, -0.1) is 0 Å². The van der Waals surface area contributed by atoms with Gasteiger partial charge in [-0.05, 0) is 12.0 Å². The fourth-order valence-electron chi connectivity index (χ4n) is 1.04. The number of hydrogen-bond donors (Lipinski definition) is 1. The van der Waals surface area contributed by atoms with E-state index < -0.39 is 5.97 Å². The molecular weight excluding hydrogens is 212 g/mol. The maximum absolute atomic E-state index is 10.8. The second-order valence-corrected chi connectivity index (χ2v) is 5.19. The summed E-state index contributed by atoms with van der Waals surface area (Å²) >= 11 is 1.72. The molecule has 84 valence electrons. The van der Waals surface area contributed by atoms with E-state index in [1.54, 1.807) is 11.8 Å². The Morgan fingerprint density at radius 3 is 2.73 bits per heavy atom. The molecule has 0 spiro atoms. The monoisotopic (exact) mass is 228 g/mol. The number of aromatic carboxylic acids is 1. The lowest BCUT2D eigenvalue weighted by Crippen LogP contribution is -2.06. The third-order valence-electron chi connectivity index (χ3n) is 2.39. The molecule has 1 unspecified atom stereocenters. The highest BCUT2D eigenvalue weighted by Gasteiger charge is 2.15. The Kier molecular flexibility index (Phi) is 4.27. The largest absolute Gasteiger partial charge is 0.478 e. The van der Waals surface area contributed by atoms with Crippen molar-refractivity contribution in [3.05, 3.63) is 23.7 Å². The molecule has 1 heterocycles. The molecule has 0 bridgehead atoms. The van der Waals surface area contributed by atoms with E-state index in [9.17, 15) is 4.79 Å². The van der Waals surface area contributed by atoms with Crippen LogP contribution in [0.25, 0.3) is 0 Å². The predicted octanol–water partition coefficient (Wildman–Crippen LogP) is 3.26. The standard InChI is InChI=1S/C11H16O3S/c1-7(2)8(3)15-6-10-9(11(12)13)4-5-14-10/h4-5,7-8H,6H2,1-3H3,(H,12,13). The van der Waals surface area contributed by atoms with Crippen molar-refractivity contribution >= 4 is 17.7 Å². The first-order chi connectivity index (χ1) is 7.02. The quantitative estimate of drug-likeness (QED) is 0.840. The van der Waals surface area contributed by atoms with E-state index in [0.717, 1.165) is 0 Å². The average molecular weight is 228 g/mol. The maximum atomic E-state index is 10.8. The number of carbonyl (C=O) groups is 1. The van der Waals surface area contributed by atoms with Crippen molar-refractivity contribution in [1.29, 1.82) is 0 Å². The molecule has 0 amide bonds. The minimum Gasteiger partial charge on any atom is -0.478 e. The molecule has 0 saturated heterocycles. The van der Waals surface area contributed by atoms with E-state index in [2.05, 4.69) is 20.8 Å². The SMILES string of the molecule is CC(C)C(C)SCc1occc1C(=O)O. The second-order valence-electron chi connectivity index (χ2n) is 3.82. The van der Waals surface area contributed by atoms with Crippen LogP contribution in [-0.2, 0) is 5.75 Å². The van der Waals surface area contributed by atoms with E-state index in [4.69, 9.17) is 9.52 Å². The summed E-state index contributed by atoms with van der Waals surface area (Å²) < 4.78 is 5.15. The Hall–Kier alpha value is -0.900. The maximum Gasteiger partial charge on any atom is 0.339 e. The summed E-state index contributed by atoms with van der Waals surface area (Å²) in [6.07, 6.45) is 1.43. The summed E-state index contributed by atoms with van der Waals surface area (Å²) in [6.45, 7) is 6.44. The minimum atomic E-state index is -0.920. The summed E-state index contributed by atoms with van der Waals surface area (Å²) in [5.74, 6) is 0.836. The van der Waals surface area contributed by atoms with E-state index in [1.165, 1.54) is 12.3 Å². The molecule has 1 aromatic rings. The van der Waals surface area contributed by atoms with Crippen molar-refractivity contribution in [2.45, 2.75) is 31.8 Å². The van der Waals surface area contributed by atoms with Crippen LogP contribution in [0.4, 0.5) is 0 Å². The molecule has 0 aliphatic rings. The topological polar surface area (TPSA) is 50.4 Å². The molecule has 3 nitrogen and oxygen atoms in total. The number of rotatable bonds is 5. The first kappa shape index (κ1) is 12.2. The van der Waals surface area contributed by atoms with Gasteiger partial charge >= 0.3 is 5.97 Å². The third kappa shape index (κ3) is 3.30. The van der Waals surface area contributed by atoms with Crippen LogP contribution in [0.2, 0.25) is 0 Å². The van der Waals surface area contributed by atoms with Gasteiger partial charge in [0.05, 0.1) is 12.0 Å². The zero-order valence-corrected chi connectivity index (χ0v) is 10.0. The van der Waals surface area contributed by atoms with Crippen LogP contribution in [-0.4, -0.2) is 16.3 Å². The Morgan fingerprint density at radius 1 is 1.53 bits per heavy atom. The van der Waals surface area contributed by atoms with Crippen molar-refractivity contribution < 1.29 is 14.3 Å². The van der Waals surface area contributed by atoms with Gasteiger partial charge in [-0.2, -0.15) is 11.8 Å². The molecule has 0 radical (unpaired) electrons. The Labute approximate surface area is 93.9 Å². The first-order valence-electron chi connectivity index (χ1n) is 4.93. The highest BCUT2D eigenvalue weighted by Crippen LogP contribution is 2.25. The van der Waals surface area contributed by atoms with Crippen molar-refractivity contribution in [2.24, 2.45) is 5.92 Å². The summed E-state index contributed by atoms with van der Waals surface area (Å²) in [6, 6.07) is 1.50. The van der Waals surface area contributed by atoms with E-state index in [-0.39, 0.29) is 5.56 Å². The van der Waals surface area contributed by atoms with Gasteiger partial charge < -0.3 is 9.52 Å². The number of furan rings is 1.